The summed E-state index contributed by atoms with van der Waals surface area (Å²) < 4.78 is 0. The molecule has 0 radical (unpaired) electrons. The Balaban J connectivity index is 2.83. The van der Waals surface area contributed by atoms with Crippen LogP contribution in [0.5, 0.6) is 0 Å². The van der Waals surface area contributed by atoms with Gasteiger partial charge in [0.15, 0.2) is 0 Å². The van der Waals surface area contributed by atoms with Crippen LogP contribution in [0.15, 0.2) is 18.2 Å². The Hall–Kier alpha value is -1.82. The van der Waals surface area contributed by atoms with E-state index in [0.29, 0.717) is 12.2 Å². The SMILES string of the molecule is CCCCNc1cc([N+](=O)[O-])ccc1NCCO. The zero-order valence-corrected chi connectivity index (χ0v) is 10.5. The lowest BCUT2D eigenvalue weighted by Gasteiger charge is -2.12. The number of benzene rings is 1. The second kappa shape index (κ2) is 7.50. The Morgan fingerprint density at radius 2 is 2.00 bits per heavy atom. The van der Waals surface area contributed by atoms with Crippen molar-refractivity contribution >= 4 is 17.1 Å². The molecule has 100 valence electrons. The Bertz CT molecular complexity index is 396. The van der Waals surface area contributed by atoms with Crippen LogP contribution in [0.3, 0.4) is 0 Å². The molecule has 0 unspecified atom stereocenters. The predicted octanol–water partition coefficient (Wildman–Crippen LogP) is 2.21. The average molecular weight is 253 g/mol. The Kier molecular flexibility index (Phi) is 5.93. The van der Waals surface area contributed by atoms with Gasteiger partial charge in [0.1, 0.15) is 0 Å². The molecule has 18 heavy (non-hydrogen) atoms. The van der Waals surface area contributed by atoms with E-state index in [1.807, 2.05) is 0 Å². The lowest BCUT2D eigenvalue weighted by molar-refractivity contribution is -0.384. The van der Waals surface area contributed by atoms with Crippen molar-refractivity contribution in [3.63, 3.8) is 0 Å². The van der Waals surface area contributed by atoms with Gasteiger partial charge in [0.25, 0.3) is 5.69 Å². The maximum atomic E-state index is 10.7. The number of nitro benzene ring substituents is 1. The zero-order valence-electron chi connectivity index (χ0n) is 10.5. The van der Waals surface area contributed by atoms with Crippen molar-refractivity contribution in [3.05, 3.63) is 28.3 Å². The average Bonchev–Trinajstić information content (AvgIpc) is 2.37. The molecule has 0 atom stereocenters. The van der Waals surface area contributed by atoms with E-state index in [1.54, 1.807) is 6.07 Å². The molecular weight excluding hydrogens is 234 g/mol. The Labute approximate surface area is 106 Å². The molecule has 3 N–H and O–H groups in total. The smallest absolute Gasteiger partial charge is 0.271 e. The van der Waals surface area contributed by atoms with E-state index in [0.717, 1.165) is 25.1 Å². The van der Waals surface area contributed by atoms with Crippen molar-refractivity contribution < 1.29 is 10.0 Å². The van der Waals surface area contributed by atoms with Gasteiger partial charge in [-0.2, -0.15) is 0 Å². The van der Waals surface area contributed by atoms with Crippen molar-refractivity contribution in [2.45, 2.75) is 19.8 Å². The number of rotatable bonds is 8. The minimum absolute atomic E-state index is 0.0192. The highest BCUT2D eigenvalue weighted by Crippen LogP contribution is 2.26. The van der Waals surface area contributed by atoms with E-state index in [1.165, 1.54) is 12.1 Å². The van der Waals surface area contributed by atoms with Crippen LogP contribution >= 0.6 is 0 Å². The number of nitro groups is 1. The normalized spacial score (nSPS) is 10.1. The Morgan fingerprint density at radius 1 is 1.28 bits per heavy atom. The summed E-state index contributed by atoms with van der Waals surface area (Å²) >= 11 is 0. The predicted molar refractivity (Wildman–Crippen MR) is 72.1 cm³/mol. The van der Waals surface area contributed by atoms with E-state index in [-0.39, 0.29) is 12.3 Å². The summed E-state index contributed by atoms with van der Waals surface area (Å²) in [7, 11) is 0. The molecule has 1 aromatic rings. The van der Waals surface area contributed by atoms with Gasteiger partial charge in [0.05, 0.1) is 22.9 Å². The number of anilines is 2. The topological polar surface area (TPSA) is 87.4 Å². The van der Waals surface area contributed by atoms with Gasteiger partial charge in [-0.15, -0.1) is 0 Å². The molecular formula is C12H19N3O3. The molecule has 0 amide bonds. The second-order valence-corrected chi connectivity index (χ2v) is 3.92. The van der Waals surface area contributed by atoms with Gasteiger partial charge < -0.3 is 15.7 Å². The van der Waals surface area contributed by atoms with Gasteiger partial charge in [-0.3, -0.25) is 10.1 Å². The third kappa shape index (κ3) is 4.21. The molecule has 6 nitrogen and oxygen atoms in total. The summed E-state index contributed by atoms with van der Waals surface area (Å²) in [6.45, 7) is 3.29. The summed E-state index contributed by atoms with van der Waals surface area (Å²) in [5, 5.41) is 25.7. The van der Waals surface area contributed by atoms with Gasteiger partial charge >= 0.3 is 0 Å². The number of nitrogens with one attached hydrogen (secondary N) is 2. The molecule has 0 fully saturated rings. The highest BCUT2D eigenvalue weighted by Gasteiger charge is 2.10. The lowest BCUT2D eigenvalue weighted by atomic mass is 10.2. The van der Waals surface area contributed by atoms with E-state index in [4.69, 9.17) is 5.11 Å². The third-order valence-electron chi connectivity index (χ3n) is 2.49. The number of hydrogen-bond acceptors (Lipinski definition) is 5. The molecule has 0 aromatic heterocycles. The van der Waals surface area contributed by atoms with Crippen LogP contribution in [0.1, 0.15) is 19.8 Å². The summed E-state index contributed by atoms with van der Waals surface area (Å²) in [4.78, 5) is 10.3. The van der Waals surface area contributed by atoms with Crippen molar-refractivity contribution in [1.29, 1.82) is 0 Å². The first-order valence-corrected chi connectivity index (χ1v) is 6.06. The summed E-state index contributed by atoms with van der Waals surface area (Å²) in [6, 6.07) is 4.61. The molecule has 0 aliphatic carbocycles. The molecule has 0 saturated heterocycles. The summed E-state index contributed by atoms with van der Waals surface area (Å²) in [6.07, 6.45) is 2.06. The number of nitrogens with zero attached hydrogens (tertiary/aromatic N) is 1. The fourth-order valence-corrected chi connectivity index (χ4v) is 1.54. The Morgan fingerprint density at radius 3 is 2.61 bits per heavy atom. The van der Waals surface area contributed by atoms with Gasteiger partial charge in [-0.1, -0.05) is 13.3 Å². The molecule has 0 heterocycles. The standard InChI is InChI=1S/C12H19N3O3/c1-2-3-6-13-12-9-10(15(17)18)4-5-11(12)14-7-8-16/h4-5,9,13-14,16H,2-3,6-8H2,1H3. The number of aliphatic hydroxyl groups is 1. The minimum atomic E-state index is -0.416. The summed E-state index contributed by atoms with van der Waals surface area (Å²) in [5.41, 5.74) is 1.53. The quantitative estimate of drug-likeness (QED) is 0.375. The van der Waals surface area contributed by atoms with Crippen molar-refractivity contribution in [3.8, 4) is 0 Å². The molecule has 1 aromatic carbocycles. The van der Waals surface area contributed by atoms with Crippen LogP contribution in [0, 0.1) is 10.1 Å². The fourth-order valence-electron chi connectivity index (χ4n) is 1.54. The number of unbranched alkanes of at least 4 members (excludes halogenated alkanes) is 1. The van der Waals surface area contributed by atoms with Crippen molar-refractivity contribution in [2.75, 3.05) is 30.3 Å². The number of hydrogen-bond donors (Lipinski definition) is 3. The zero-order chi connectivity index (χ0) is 13.4. The largest absolute Gasteiger partial charge is 0.395 e. The van der Waals surface area contributed by atoms with Gasteiger partial charge in [0, 0.05) is 25.2 Å². The number of non-ortho nitro benzene ring substituents is 1. The number of aliphatic hydroxyl groups excluding tert-OH is 1. The van der Waals surface area contributed by atoms with Crippen LogP contribution < -0.4 is 10.6 Å². The maximum absolute atomic E-state index is 10.7. The van der Waals surface area contributed by atoms with Gasteiger partial charge in [0.2, 0.25) is 0 Å². The molecule has 0 aliphatic rings. The highest BCUT2D eigenvalue weighted by molar-refractivity contribution is 5.71. The lowest BCUT2D eigenvalue weighted by Crippen LogP contribution is -2.09. The first kappa shape index (κ1) is 14.2. The van der Waals surface area contributed by atoms with Gasteiger partial charge in [-0.25, -0.2) is 0 Å². The van der Waals surface area contributed by atoms with E-state index < -0.39 is 4.92 Å². The first-order chi connectivity index (χ1) is 8.69. The van der Waals surface area contributed by atoms with Crippen molar-refractivity contribution in [2.24, 2.45) is 0 Å². The van der Waals surface area contributed by atoms with Crippen molar-refractivity contribution in [1.82, 2.24) is 0 Å². The molecule has 0 saturated carbocycles. The van der Waals surface area contributed by atoms with E-state index >= 15 is 0 Å². The monoisotopic (exact) mass is 253 g/mol. The van der Waals surface area contributed by atoms with Crippen LogP contribution in [-0.2, 0) is 0 Å². The molecule has 0 spiro atoms. The van der Waals surface area contributed by atoms with Crippen LogP contribution in [0.2, 0.25) is 0 Å². The van der Waals surface area contributed by atoms with E-state index in [9.17, 15) is 10.1 Å². The van der Waals surface area contributed by atoms with Crippen LogP contribution in [-0.4, -0.2) is 29.7 Å². The molecule has 6 heteroatoms. The van der Waals surface area contributed by atoms with Crippen LogP contribution in [0.4, 0.5) is 17.1 Å². The second-order valence-electron chi connectivity index (χ2n) is 3.92. The third-order valence-corrected chi connectivity index (χ3v) is 2.49. The maximum Gasteiger partial charge on any atom is 0.271 e. The minimum Gasteiger partial charge on any atom is -0.395 e. The molecule has 0 aliphatic heterocycles. The summed E-state index contributed by atoms with van der Waals surface area (Å²) in [5.74, 6) is 0. The fraction of sp³-hybridized carbons (Fsp3) is 0.500. The van der Waals surface area contributed by atoms with Gasteiger partial charge in [-0.05, 0) is 12.5 Å². The first-order valence-electron chi connectivity index (χ1n) is 6.06. The van der Waals surface area contributed by atoms with E-state index in [2.05, 4.69) is 17.6 Å². The molecule has 1 rings (SSSR count). The highest BCUT2D eigenvalue weighted by atomic mass is 16.6. The molecule has 0 bridgehead atoms. The van der Waals surface area contributed by atoms with Crippen LogP contribution in [0.25, 0.3) is 0 Å².